The molecule has 2 fully saturated rings. The Bertz CT molecular complexity index is 740. The fourth-order valence-corrected chi connectivity index (χ4v) is 2.83. The highest BCUT2D eigenvalue weighted by Crippen LogP contribution is 2.31. The highest BCUT2D eigenvalue weighted by molar-refractivity contribution is 7.80. The first kappa shape index (κ1) is 18.1. The van der Waals surface area contributed by atoms with Gasteiger partial charge in [-0.25, -0.2) is 13.6 Å². The molecule has 0 saturated carbocycles. The van der Waals surface area contributed by atoms with E-state index in [1.165, 1.54) is 12.0 Å². The van der Waals surface area contributed by atoms with Crippen molar-refractivity contribution in [1.82, 2.24) is 10.6 Å². The molecular weight excluding hydrogens is 370 g/mol. The molecule has 3 rings (SSSR count). The minimum Gasteiger partial charge on any atom is -0.474 e. The Hall–Kier alpha value is -2.69. The molecule has 0 spiro atoms. The Labute approximate surface area is 153 Å². The number of hydrogen-bond donors (Lipinski definition) is 2. The lowest BCUT2D eigenvalue weighted by molar-refractivity contribution is -0.118. The van der Waals surface area contributed by atoms with Gasteiger partial charge in [-0.05, 0) is 12.2 Å². The molecule has 8 nitrogen and oxygen atoms in total. The molecule has 0 aromatic heterocycles. The largest absolute Gasteiger partial charge is 0.474 e. The second kappa shape index (κ2) is 7.28. The van der Waals surface area contributed by atoms with E-state index >= 15 is 0 Å². The molecule has 1 aromatic rings. The maximum atomic E-state index is 14.4. The van der Waals surface area contributed by atoms with Gasteiger partial charge in [-0.1, -0.05) is 0 Å². The summed E-state index contributed by atoms with van der Waals surface area (Å²) in [7, 11) is 1.40. The molecule has 11 heteroatoms. The number of benzene rings is 1. The number of ether oxygens (including phenoxy) is 2. The number of rotatable bonds is 4. The minimum absolute atomic E-state index is 0.0188. The zero-order valence-electron chi connectivity index (χ0n) is 13.8. The number of carbonyl (C=O) groups is 2. The lowest BCUT2D eigenvalue weighted by atomic mass is 10.2. The van der Waals surface area contributed by atoms with Crippen LogP contribution in [0.4, 0.5) is 25.0 Å². The standard InChI is InChI=1S/C15H16F2N4O4S/c1-24-14(26)18-4-9-5-21(15(23)25-9)8-2-10(16)13(11(17)3-8)20-6-12(22)19-7-20/h2-3,9H,4-7H2,1H3,(H,18,26)(H,19,22). The zero-order chi connectivity index (χ0) is 18.8. The maximum absolute atomic E-state index is 14.4. The summed E-state index contributed by atoms with van der Waals surface area (Å²) in [6.07, 6.45) is -1.27. The minimum atomic E-state index is -0.869. The molecule has 2 aliphatic heterocycles. The van der Waals surface area contributed by atoms with E-state index in [1.807, 2.05) is 0 Å². The van der Waals surface area contributed by atoms with E-state index in [1.54, 1.807) is 0 Å². The highest BCUT2D eigenvalue weighted by Gasteiger charge is 2.34. The number of halogens is 2. The number of nitrogens with one attached hydrogen (secondary N) is 2. The van der Waals surface area contributed by atoms with Crippen molar-refractivity contribution in [1.29, 1.82) is 0 Å². The van der Waals surface area contributed by atoms with Crippen LogP contribution in [0, 0.1) is 11.6 Å². The van der Waals surface area contributed by atoms with Crippen LogP contribution in [0.2, 0.25) is 0 Å². The topological polar surface area (TPSA) is 83.1 Å². The van der Waals surface area contributed by atoms with Gasteiger partial charge in [0.25, 0.3) is 5.17 Å². The molecule has 2 heterocycles. The molecule has 0 bridgehead atoms. The number of carbonyl (C=O) groups excluding carboxylic acids is 2. The summed E-state index contributed by atoms with van der Waals surface area (Å²) >= 11 is 4.83. The van der Waals surface area contributed by atoms with Crippen LogP contribution < -0.4 is 20.4 Å². The van der Waals surface area contributed by atoms with Gasteiger partial charge < -0.3 is 25.0 Å². The van der Waals surface area contributed by atoms with Gasteiger partial charge in [-0.3, -0.25) is 9.69 Å². The van der Waals surface area contributed by atoms with Crippen molar-refractivity contribution < 1.29 is 27.8 Å². The van der Waals surface area contributed by atoms with Crippen LogP contribution in [0.5, 0.6) is 0 Å². The van der Waals surface area contributed by atoms with Crippen molar-refractivity contribution in [3.63, 3.8) is 0 Å². The number of methoxy groups -OCH3 is 1. The monoisotopic (exact) mass is 386 g/mol. The lowest BCUT2D eigenvalue weighted by Gasteiger charge is -2.20. The van der Waals surface area contributed by atoms with Gasteiger partial charge in [-0.2, -0.15) is 0 Å². The number of thiocarbonyl (C=S) groups is 1. The van der Waals surface area contributed by atoms with Gasteiger partial charge in [0.1, 0.15) is 11.8 Å². The molecule has 0 aliphatic carbocycles. The number of cyclic esters (lactones) is 1. The fraction of sp³-hybridized carbons (Fsp3) is 0.400. The zero-order valence-corrected chi connectivity index (χ0v) is 14.6. The van der Waals surface area contributed by atoms with E-state index < -0.39 is 23.8 Å². The summed E-state index contributed by atoms with van der Waals surface area (Å²) in [4.78, 5) is 25.6. The molecule has 26 heavy (non-hydrogen) atoms. The average Bonchev–Trinajstić information content (AvgIpc) is 3.17. The molecular formula is C15H16F2N4O4S. The maximum Gasteiger partial charge on any atom is 0.414 e. The molecule has 1 atom stereocenters. The number of hydrogen-bond acceptors (Lipinski definition) is 6. The van der Waals surface area contributed by atoms with Crippen molar-refractivity contribution in [2.75, 3.05) is 43.2 Å². The van der Waals surface area contributed by atoms with E-state index in [9.17, 15) is 18.4 Å². The summed E-state index contributed by atoms with van der Waals surface area (Å²) in [5.74, 6) is -2.06. The van der Waals surface area contributed by atoms with Crippen molar-refractivity contribution in [3.05, 3.63) is 23.8 Å². The van der Waals surface area contributed by atoms with Crippen LogP contribution in [-0.2, 0) is 14.3 Å². The van der Waals surface area contributed by atoms with Crippen molar-refractivity contribution in [3.8, 4) is 0 Å². The Balaban J connectivity index is 1.74. The van der Waals surface area contributed by atoms with E-state index in [2.05, 4.69) is 10.6 Å². The third-order valence-electron chi connectivity index (χ3n) is 3.96. The SMILES string of the molecule is COC(=S)NCC1CN(c2cc(F)c(N3CNC(=O)C3)c(F)c2)C(=O)O1. The predicted octanol–water partition coefficient (Wildman–Crippen LogP) is 0.705. The van der Waals surface area contributed by atoms with Gasteiger partial charge in [0.05, 0.1) is 39.1 Å². The van der Waals surface area contributed by atoms with Crippen LogP contribution in [0.3, 0.4) is 0 Å². The summed E-state index contributed by atoms with van der Waals surface area (Å²) < 4.78 is 38.8. The van der Waals surface area contributed by atoms with Crippen molar-refractivity contribution >= 4 is 40.8 Å². The highest BCUT2D eigenvalue weighted by atomic mass is 32.1. The Morgan fingerprint density at radius 3 is 2.69 bits per heavy atom. The predicted molar refractivity (Wildman–Crippen MR) is 91.9 cm³/mol. The van der Waals surface area contributed by atoms with Gasteiger partial charge in [0, 0.05) is 12.1 Å². The van der Waals surface area contributed by atoms with Gasteiger partial charge >= 0.3 is 6.09 Å². The first-order valence-electron chi connectivity index (χ1n) is 7.69. The van der Waals surface area contributed by atoms with Crippen LogP contribution in [0.15, 0.2) is 12.1 Å². The van der Waals surface area contributed by atoms with E-state index in [4.69, 9.17) is 21.7 Å². The number of nitrogens with zero attached hydrogens (tertiary/aromatic N) is 2. The molecule has 2 saturated heterocycles. The number of amides is 2. The molecule has 2 aliphatic rings. The van der Waals surface area contributed by atoms with E-state index in [0.717, 1.165) is 17.0 Å². The Morgan fingerprint density at radius 1 is 1.42 bits per heavy atom. The third-order valence-corrected chi connectivity index (χ3v) is 4.28. The molecule has 140 valence electrons. The second-order valence-electron chi connectivity index (χ2n) is 5.70. The van der Waals surface area contributed by atoms with Gasteiger partial charge in [0.2, 0.25) is 5.91 Å². The first-order valence-corrected chi connectivity index (χ1v) is 8.10. The van der Waals surface area contributed by atoms with E-state index in [0.29, 0.717) is 0 Å². The summed E-state index contributed by atoms with van der Waals surface area (Å²) in [5.41, 5.74) is -0.285. The van der Waals surface area contributed by atoms with E-state index in [-0.39, 0.29) is 48.8 Å². The van der Waals surface area contributed by atoms with Crippen LogP contribution in [-0.4, -0.2) is 56.7 Å². The van der Waals surface area contributed by atoms with Crippen molar-refractivity contribution in [2.45, 2.75) is 6.10 Å². The first-order chi connectivity index (χ1) is 12.4. The summed E-state index contributed by atoms with van der Waals surface area (Å²) in [6, 6.07) is 2.08. The molecule has 0 radical (unpaired) electrons. The number of anilines is 2. The molecule has 1 aromatic carbocycles. The average molecular weight is 386 g/mol. The Kier molecular flexibility index (Phi) is 5.07. The van der Waals surface area contributed by atoms with Crippen LogP contribution in [0.25, 0.3) is 0 Å². The van der Waals surface area contributed by atoms with Gasteiger partial charge in [0.15, 0.2) is 11.6 Å². The molecule has 2 amide bonds. The molecule has 1 unspecified atom stereocenters. The summed E-state index contributed by atoms with van der Waals surface area (Å²) in [6.45, 7) is 0.191. The third kappa shape index (κ3) is 3.62. The van der Waals surface area contributed by atoms with Crippen LogP contribution >= 0.6 is 12.2 Å². The Morgan fingerprint density at radius 2 is 2.12 bits per heavy atom. The summed E-state index contributed by atoms with van der Waals surface area (Å²) in [5, 5.41) is 5.37. The quantitative estimate of drug-likeness (QED) is 0.738. The smallest absolute Gasteiger partial charge is 0.414 e. The molecule has 2 N–H and O–H groups in total. The normalized spacial score (nSPS) is 19.4. The van der Waals surface area contributed by atoms with Crippen LogP contribution in [0.1, 0.15) is 0 Å². The van der Waals surface area contributed by atoms with Gasteiger partial charge in [-0.15, -0.1) is 0 Å². The second-order valence-corrected chi connectivity index (χ2v) is 6.07. The lowest BCUT2D eigenvalue weighted by Crippen LogP contribution is -2.34. The van der Waals surface area contributed by atoms with Crippen molar-refractivity contribution in [2.24, 2.45) is 0 Å². The fourth-order valence-electron chi connectivity index (χ4n) is 2.74.